The second-order valence-corrected chi connectivity index (χ2v) is 8.25. The molecule has 154 valence electrons. The quantitative estimate of drug-likeness (QED) is 0.556. The van der Waals surface area contributed by atoms with E-state index in [9.17, 15) is 14.4 Å². The molecule has 8 nitrogen and oxygen atoms in total. The Balaban J connectivity index is 1.83. The molecule has 3 aliphatic heterocycles. The molecule has 0 N–H and O–H groups in total. The summed E-state index contributed by atoms with van der Waals surface area (Å²) in [7, 11) is 0. The second kappa shape index (κ2) is 6.04. The maximum atomic E-state index is 13.6. The van der Waals surface area contributed by atoms with Crippen LogP contribution in [0.15, 0.2) is 52.2 Å². The number of benzene rings is 1. The molecule has 30 heavy (non-hydrogen) atoms. The van der Waals surface area contributed by atoms with Crippen LogP contribution in [0.3, 0.4) is 0 Å². The number of nitrogens with zero attached hydrogens (tertiary/aromatic N) is 2. The van der Waals surface area contributed by atoms with Crippen molar-refractivity contribution in [3.05, 3.63) is 59.5 Å². The summed E-state index contributed by atoms with van der Waals surface area (Å²) < 4.78 is 16.8. The van der Waals surface area contributed by atoms with E-state index in [0.29, 0.717) is 11.3 Å². The Kier molecular flexibility index (Phi) is 3.75. The van der Waals surface area contributed by atoms with Crippen LogP contribution in [0.25, 0.3) is 0 Å². The zero-order chi connectivity index (χ0) is 21.3. The molecule has 2 fully saturated rings. The first-order chi connectivity index (χ1) is 14.3. The summed E-state index contributed by atoms with van der Waals surface area (Å²) in [6, 6.07) is 8.84. The molecule has 0 unspecified atom stereocenters. The fourth-order valence-electron chi connectivity index (χ4n) is 4.94. The third-order valence-corrected chi connectivity index (χ3v) is 6.03. The molecule has 8 heteroatoms. The van der Waals surface area contributed by atoms with Gasteiger partial charge in [-0.05, 0) is 30.2 Å². The van der Waals surface area contributed by atoms with Crippen LogP contribution in [0.4, 0.5) is 0 Å². The highest BCUT2D eigenvalue weighted by Crippen LogP contribution is 2.62. The van der Waals surface area contributed by atoms with Crippen molar-refractivity contribution in [1.82, 2.24) is 5.01 Å². The van der Waals surface area contributed by atoms with Crippen LogP contribution in [-0.2, 0) is 23.9 Å². The molecule has 0 radical (unpaired) electrons. The fourth-order valence-corrected chi connectivity index (χ4v) is 4.94. The van der Waals surface area contributed by atoms with Gasteiger partial charge in [-0.15, -0.1) is 0 Å². The molecular weight excluding hydrogens is 388 g/mol. The van der Waals surface area contributed by atoms with Gasteiger partial charge in [0.25, 0.3) is 5.79 Å². The van der Waals surface area contributed by atoms with Crippen molar-refractivity contribution in [2.75, 3.05) is 0 Å². The van der Waals surface area contributed by atoms with E-state index in [1.165, 1.54) is 32.0 Å². The van der Waals surface area contributed by atoms with Crippen LogP contribution < -0.4 is 0 Å². The van der Waals surface area contributed by atoms with Crippen LogP contribution in [-0.4, -0.2) is 40.8 Å². The highest BCUT2D eigenvalue weighted by molar-refractivity contribution is 6.06. The number of hydrogen-bond donors (Lipinski definition) is 0. The van der Waals surface area contributed by atoms with Gasteiger partial charge in [0.1, 0.15) is 17.8 Å². The van der Waals surface area contributed by atoms with E-state index in [4.69, 9.17) is 13.9 Å². The number of esters is 2. The Bertz CT molecular complexity index is 1070. The monoisotopic (exact) mass is 408 g/mol. The molecule has 0 bridgehead atoms. The first-order valence-corrected chi connectivity index (χ1v) is 9.69. The van der Waals surface area contributed by atoms with Crippen LogP contribution in [0.5, 0.6) is 0 Å². The summed E-state index contributed by atoms with van der Waals surface area (Å²) in [5.74, 6) is -3.81. The third-order valence-electron chi connectivity index (χ3n) is 6.03. The molecular formula is C22H20N2O6. The van der Waals surface area contributed by atoms with Gasteiger partial charge in [0.2, 0.25) is 5.41 Å². The number of carbonyl (C=O) groups excluding carboxylic acids is 3. The first kappa shape index (κ1) is 18.6. The van der Waals surface area contributed by atoms with E-state index in [1.54, 1.807) is 18.3 Å². The van der Waals surface area contributed by atoms with Crippen LogP contribution >= 0.6 is 0 Å². The third kappa shape index (κ3) is 2.27. The van der Waals surface area contributed by atoms with Gasteiger partial charge in [0.15, 0.2) is 5.78 Å². The lowest BCUT2D eigenvalue weighted by molar-refractivity contribution is -0.254. The Hall–Kier alpha value is -3.42. The number of carbonyl (C=O) groups is 3. The minimum Gasteiger partial charge on any atom is -0.469 e. The zero-order valence-corrected chi connectivity index (χ0v) is 16.7. The van der Waals surface area contributed by atoms with Gasteiger partial charge < -0.3 is 13.9 Å². The van der Waals surface area contributed by atoms with E-state index in [-0.39, 0.29) is 5.78 Å². The van der Waals surface area contributed by atoms with E-state index in [2.05, 4.69) is 5.10 Å². The molecule has 0 amide bonds. The second-order valence-electron chi connectivity index (χ2n) is 8.25. The van der Waals surface area contributed by atoms with E-state index in [1.807, 2.05) is 24.3 Å². The van der Waals surface area contributed by atoms with Crippen LogP contribution in [0.1, 0.15) is 49.6 Å². The number of ketones is 1. The number of cyclic esters (lactones) is 2. The number of hydrogen-bond acceptors (Lipinski definition) is 8. The normalized spacial score (nSPS) is 28.0. The molecule has 0 aliphatic carbocycles. The highest BCUT2D eigenvalue weighted by Gasteiger charge is 2.75. The Morgan fingerprint density at radius 2 is 1.77 bits per heavy atom. The topological polar surface area (TPSA) is 98.4 Å². The van der Waals surface area contributed by atoms with Crippen molar-refractivity contribution < 1.29 is 28.3 Å². The minimum absolute atomic E-state index is 0.250. The van der Waals surface area contributed by atoms with E-state index < -0.39 is 41.1 Å². The maximum Gasteiger partial charge on any atom is 0.330 e. The predicted molar refractivity (Wildman–Crippen MR) is 103 cm³/mol. The summed E-state index contributed by atoms with van der Waals surface area (Å²) in [5, 5.41) is 6.01. The average Bonchev–Trinajstić information content (AvgIpc) is 3.30. The van der Waals surface area contributed by atoms with Gasteiger partial charge in [-0.3, -0.25) is 19.4 Å². The molecule has 1 aromatic carbocycles. The summed E-state index contributed by atoms with van der Waals surface area (Å²) in [5.41, 5.74) is -0.398. The van der Waals surface area contributed by atoms with Gasteiger partial charge in [-0.25, -0.2) is 0 Å². The SMILES string of the molecule is CC(=O)[C@H]1[C@H](c2ccco2)C2(C(=O)OC(C)(C)OC2=O)[C@@H]2c3ccccc3C=NN21. The number of rotatable bonds is 2. The number of fused-ring (bicyclic) bond motifs is 4. The summed E-state index contributed by atoms with van der Waals surface area (Å²) >= 11 is 0. The van der Waals surface area contributed by atoms with Gasteiger partial charge in [0, 0.05) is 13.8 Å². The van der Waals surface area contributed by atoms with Gasteiger partial charge in [-0.1, -0.05) is 24.3 Å². The number of ether oxygens (including phenoxy) is 2. The largest absolute Gasteiger partial charge is 0.469 e. The molecule has 0 saturated carbocycles. The standard InChI is InChI=1S/C22H20N2O6/c1-12(25)17-16(15-9-6-10-28-15)22(19(26)29-21(2,3)30-20(22)27)18-14-8-5-4-7-13(14)11-23-24(17)18/h4-11,16-18H,1-3H3/t16-,17-,18-/m0/s1. The van der Waals surface area contributed by atoms with Crippen molar-refractivity contribution in [2.24, 2.45) is 10.5 Å². The van der Waals surface area contributed by atoms with Crippen molar-refractivity contribution in [1.29, 1.82) is 0 Å². The Morgan fingerprint density at radius 1 is 1.07 bits per heavy atom. The van der Waals surface area contributed by atoms with Crippen molar-refractivity contribution in [3.63, 3.8) is 0 Å². The molecule has 4 heterocycles. The Labute approximate surface area is 172 Å². The molecule has 3 atom stereocenters. The number of hydrazone groups is 1. The van der Waals surface area contributed by atoms with Gasteiger partial charge >= 0.3 is 11.9 Å². The van der Waals surface area contributed by atoms with Crippen molar-refractivity contribution in [2.45, 2.75) is 44.6 Å². The molecule has 2 saturated heterocycles. The van der Waals surface area contributed by atoms with E-state index in [0.717, 1.165) is 5.56 Å². The van der Waals surface area contributed by atoms with Crippen LogP contribution in [0, 0.1) is 5.41 Å². The number of Topliss-reactive ketones (excluding diaryl/α,β-unsaturated/α-hetero) is 1. The van der Waals surface area contributed by atoms with Crippen LogP contribution in [0.2, 0.25) is 0 Å². The van der Waals surface area contributed by atoms with Crippen molar-refractivity contribution in [3.8, 4) is 0 Å². The smallest absolute Gasteiger partial charge is 0.330 e. The zero-order valence-electron chi connectivity index (χ0n) is 16.7. The fraction of sp³-hybridized carbons (Fsp3) is 0.364. The molecule has 1 aromatic heterocycles. The average molecular weight is 408 g/mol. The summed E-state index contributed by atoms with van der Waals surface area (Å²) in [4.78, 5) is 40.1. The van der Waals surface area contributed by atoms with Gasteiger partial charge in [-0.2, -0.15) is 5.10 Å². The van der Waals surface area contributed by atoms with Crippen molar-refractivity contribution >= 4 is 23.9 Å². The molecule has 2 aromatic rings. The lowest BCUT2D eigenvalue weighted by Crippen LogP contribution is -2.58. The lowest BCUT2D eigenvalue weighted by atomic mass is 9.67. The lowest BCUT2D eigenvalue weighted by Gasteiger charge is -2.43. The molecule has 3 aliphatic rings. The summed E-state index contributed by atoms with van der Waals surface area (Å²) in [6.07, 6.45) is 3.07. The predicted octanol–water partition coefficient (Wildman–Crippen LogP) is 2.55. The van der Waals surface area contributed by atoms with E-state index >= 15 is 0 Å². The minimum atomic E-state index is -1.85. The molecule has 1 spiro atoms. The summed E-state index contributed by atoms with van der Waals surface area (Å²) in [6.45, 7) is 4.41. The number of furan rings is 1. The highest BCUT2D eigenvalue weighted by atomic mass is 16.7. The maximum absolute atomic E-state index is 13.6. The first-order valence-electron chi connectivity index (χ1n) is 9.69. The van der Waals surface area contributed by atoms with Gasteiger partial charge in [0.05, 0.1) is 18.4 Å². The molecule has 5 rings (SSSR count). The Morgan fingerprint density at radius 3 is 2.40 bits per heavy atom.